The highest BCUT2D eigenvalue weighted by molar-refractivity contribution is 8.00. The highest BCUT2D eigenvalue weighted by atomic mass is 32.2. The van der Waals surface area contributed by atoms with E-state index in [9.17, 15) is 9.59 Å². The molecule has 2 saturated heterocycles. The highest BCUT2D eigenvalue weighted by Gasteiger charge is 2.47. The Hall–Kier alpha value is -2.67. The predicted octanol–water partition coefficient (Wildman–Crippen LogP) is 4.70. The van der Waals surface area contributed by atoms with Crippen molar-refractivity contribution in [3.8, 4) is 11.5 Å². The van der Waals surface area contributed by atoms with Crippen LogP contribution in [-0.4, -0.2) is 65.6 Å². The lowest BCUT2D eigenvalue weighted by molar-refractivity contribution is 0.0498. The summed E-state index contributed by atoms with van der Waals surface area (Å²) in [4.78, 5) is 30.0. The average molecular weight is 469 g/mol. The summed E-state index contributed by atoms with van der Waals surface area (Å²) in [6.07, 6.45) is 3.67. The van der Waals surface area contributed by atoms with Crippen molar-refractivity contribution in [2.45, 2.75) is 37.5 Å². The van der Waals surface area contributed by atoms with Crippen LogP contribution >= 0.6 is 11.8 Å². The molecule has 2 amide bonds. The van der Waals surface area contributed by atoms with Crippen LogP contribution in [0.5, 0.6) is 11.5 Å². The second-order valence-electron chi connectivity index (χ2n) is 8.50. The number of rotatable bonds is 7. The summed E-state index contributed by atoms with van der Waals surface area (Å²) in [6.45, 7) is 4.86. The van der Waals surface area contributed by atoms with Crippen molar-refractivity contribution in [3.63, 3.8) is 0 Å². The predicted molar refractivity (Wildman–Crippen MR) is 131 cm³/mol. The smallest absolute Gasteiger partial charge is 0.255 e. The van der Waals surface area contributed by atoms with Gasteiger partial charge in [-0.2, -0.15) is 0 Å². The SMILES string of the molecule is CCCCOc1ccc(C(=O)N2CCC3(CC2)SCCN3C(=O)c2ccc(OC)cc2)cc1. The van der Waals surface area contributed by atoms with Gasteiger partial charge < -0.3 is 19.3 Å². The van der Waals surface area contributed by atoms with Crippen molar-refractivity contribution in [2.24, 2.45) is 0 Å². The van der Waals surface area contributed by atoms with Gasteiger partial charge in [0.25, 0.3) is 11.8 Å². The lowest BCUT2D eigenvalue weighted by Crippen LogP contribution is -2.53. The van der Waals surface area contributed by atoms with E-state index < -0.39 is 0 Å². The number of hydrogen-bond donors (Lipinski definition) is 0. The summed E-state index contributed by atoms with van der Waals surface area (Å²) >= 11 is 1.85. The van der Waals surface area contributed by atoms with E-state index in [0.717, 1.165) is 49.5 Å². The van der Waals surface area contributed by atoms with Crippen LogP contribution in [0.15, 0.2) is 48.5 Å². The highest BCUT2D eigenvalue weighted by Crippen LogP contribution is 2.44. The first-order valence-corrected chi connectivity index (χ1v) is 12.7. The topological polar surface area (TPSA) is 59.1 Å². The Kier molecular flexibility index (Phi) is 7.48. The Morgan fingerprint density at radius 3 is 2.12 bits per heavy atom. The number of nitrogens with zero attached hydrogens (tertiary/aromatic N) is 2. The molecule has 0 unspecified atom stereocenters. The molecule has 7 heteroatoms. The fraction of sp³-hybridized carbons (Fsp3) is 0.462. The van der Waals surface area contributed by atoms with Crippen molar-refractivity contribution in [1.82, 2.24) is 9.80 Å². The van der Waals surface area contributed by atoms with E-state index in [1.54, 1.807) is 7.11 Å². The largest absolute Gasteiger partial charge is 0.497 e. The molecule has 0 atom stereocenters. The number of likely N-dealkylation sites (tertiary alicyclic amines) is 1. The Balaban J connectivity index is 1.37. The van der Waals surface area contributed by atoms with E-state index in [0.29, 0.717) is 30.8 Å². The number of unbranched alkanes of at least 4 members (excludes halogenated alkanes) is 1. The number of benzene rings is 2. The summed E-state index contributed by atoms with van der Waals surface area (Å²) in [7, 11) is 1.62. The van der Waals surface area contributed by atoms with E-state index >= 15 is 0 Å². The zero-order valence-electron chi connectivity index (χ0n) is 19.4. The monoisotopic (exact) mass is 468 g/mol. The zero-order chi connectivity index (χ0) is 23.3. The van der Waals surface area contributed by atoms with Gasteiger partial charge in [0.2, 0.25) is 0 Å². The molecule has 2 aromatic rings. The Labute approximate surface area is 200 Å². The van der Waals surface area contributed by atoms with E-state index in [4.69, 9.17) is 9.47 Å². The van der Waals surface area contributed by atoms with Crippen molar-refractivity contribution in [1.29, 1.82) is 0 Å². The fourth-order valence-corrected chi connectivity index (χ4v) is 5.92. The second-order valence-corrected chi connectivity index (χ2v) is 9.96. The molecule has 2 aromatic carbocycles. The average Bonchev–Trinajstić information content (AvgIpc) is 3.27. The van der Waals surface area contributed by atoms with Crippen LogP contribution in [-0.2, 0) is 0 Å². The number of ether oxygens (including phenoxy) is 2. The molecule has 0 N–H and O–H groups in total. The van der Waals surface area contributed by atoms with Crippen LogP contribution in [0.1, 0.15) is 53.3 Å². The first-order chi connectivity index (χ1) is 16.1. The standard InChI is InChI=1S/C26H32N2O4S/c1-3-4-18-32-23-11-7-20(8-12-23)24(29)27-15-13-26(14-16-27)28(17-19-33-26)25(30)21-5-9-22(31-2)10-6-21/h5-12H,3-4,13-19H2,1-2H3. The maximum Gasteiger partial charge on any atom is 0.255 e. The maximum atomic E-state index is 13.3. The van der Waals surface area contributed by atoms with Gasteiger partial charge >= 0.3 is 0 Å². The molecule has 0 aliphatic carbocycles. The van der Waals surface area contributed by atoms with Crippen LogP contribution < -0.4 is 9.47 Å². The van der Waals surface area contributed by atoms with Gasteiger partial charge in [-0.1, -0.05) is 13.3 Å². The third-order valence-corrected chi connectivity index (χ3v) is 8.01. The Morgan fingerprint density at radius 1 is 0.909 bits per heavy atom. The number of piperidine rings is 1. The molecule has 0 saturated carbocycles. The quantitative estimate of drug-likeness (QED) is 0.552. The summed E-state index contributed by atoms with van der Waals surface area (Å²) in [5, 5.41) is 0. The molecule has 0 radical (unpaired) electrons. The van der Waals surface area contributed by atoms with Crippen molar-refractivity contribution < 1.29 is 19.1 Å². The lowest BCUT2D eigenvalue weighted by Gasteiger charge is -2.44. The second kappa shape index (κ2) is 10.5. The molecule has 2 aliphatic rings. The minimum Gasteiger partial charge on any atom is -0.497 e. The van der Waals surface area contributed by atoms with Crippen LogP contribution in [0.25, 0.3) is 0 Å². The van der Waals surface area contributed by atoms with Crippen molar-refractivity contribution in [2.75, 3.05) is 39.1 Å². The molecule has 2 heterocycles. The van der Waals surface area contributed by atoms with Gasteiger partial charge in [0.15, 0.2) is 0 Å². The van der Waals surface area contributed by atoms with Crippen molar-refractivity contribution >= 4 is 23.6 Å². The molecule has 2 aliphatic heterocycles. The van der Waals surface area contributed by atoms with E-state index in [1.165, 1.54) is 0 Å². The number of hydrogen-bond acceptors (Lipinski definition) is 5. The molecular formula is C26H32N2O4S. The first kappa shape index (κ1) is 23.5. The lowest BCUT2D eigenvalue weighted by atomic mass is 10.00. The Morgan fingerprint density at radius 2 is 1.52 bits per heavy atom. The molecule has 33 heavy (non-hydrogen) atoms. The molecular weight excluding hydrogens is 436 g/mol. The van der Waals surface area contributed by atoms with Crippen LogP contribution in [0.2, 0.25) is 0 Å². The van der Waals surface area contributed by atoms with Gasteiger partial charge in [0, 0.05) is 36.5 Å². The molecule has 1 spiro atoms. The van der Waals surface area contributed by atoms with E-state index in [-0.39, 0.29) is 16.7 Å². The molecule has 0 bridgehead atoms. The van der Waals surface area contributed by atoms with Gasteiger partial charge in [-0.25, -0.2) is 0 Å². The van der Waals surface area contributed by atoms with Gasteiger partial charge in [-0.05, 0) is 67.8 Å². The molecule has 2 fully saturated rings. The van der Waals surface area contributed by atoms with Crippen LogP contribution in [0, 0.1) is 0 Å². The number of amides is 2. The molecule has 176 valence electrons. The fourth-order valence-electron chi connectivity index (χ4n) is 4.47. The number of carbonyl (C=O) groups excluding carboxylic acids is 2. The molecule has 6 nitrogen and oxygen atoms in total. The summed E-state index contributed by atoms with van der Waals surface area (Å²) in [5.41, 5.74) is 1.36. The van der Waals surface area contributed by atoms with Crippen molar-refractivity contribution in [3.05, 3.63) is 59.7 Å². The molecule has 4 rings (SSSR count). The molecule has 0 aromatic heterocycles. The number of thioether (sulfide) groups is 1. The minimum atomic E-state index is -0.231. The van der Waals surface area contributed by atoms with Gasteiger partial charge in [0.1, 0.15) is 11.5 Å². The summed E-state index contributed by atoms with van der Waals surface area (Å²) < 4.78 is 10.9. The van der Waals surface area contributed by atoms with Crippen LogP contribution in [0.4, 0.5) is 0 Å². The van der Waals surface area contributed by atoms with Gasteiger partial charge in [-0.15, -0.1) is 11.8 Å². The third-order valence-electron chi connectivity index (χ3n) is 6.46. The Bertz CT molecular complexity index is 953. The van der Waals surface area contributed by atoms with E-state index in [1.807, 2.05) is 70.1 Å². The number of carbonyl (C=O) groups is 2. The number of methoxy groups -OCH3 is 1. The zero-order valence-corrected chi connectivity index (χ0v) is 20.2. The summed E-state index contributed by atoms with van der Waals surface area (Å²) in [6, 6.07) is 14.7. The maximum absolute atomic E-state index is 13.3. The van der Waals surface area contributed by atoms with Gasteiger partial charge in [-0.3, -0.25) is 9.59 Å². The normalized spacial score (nSPS) is 17.3. The third kappa shape index (κ3) is 5.13. The first-order valence-electron chi connectivity index (χ1n) is 11.7. The summed E-state index contributed by atoms with van der Waals surface area (Å²) in [5.74, 6) is 2.56. The van der Waals surface area contributed by atoms with Gasteiger partial charge in [0.05, 0.1) is 18.6 Å². The van der Waals surface area contributed by atoms with E-state index in [2.05, 4.69) is 6.92 Å². The minimum absolute atomic E-state index is 0.0426. The van der Waals surface area contributed by atoms with Crippen LogP contribution in [0.3, 0.4) is 0 Å².